The topological polar surface area (TPSA) is 86.8 Å². The van der Waals surface area contributed by atoms with E-state index in [0.717, 1.165) is 74.1 Å². The zero-order valence-electron chi connectivity index (χ0n) is 25.4. The molecule has 0 aromatic heterocycles. The Morgan fingerprint density at radius 2 is 1.77 bits per heavy atom. The summed E-state index contributed by atoms with van der Waals surface area (Å²) >= 11 is 0. The van der Waals surface area contributed by atoms with Gasteiger partial charge in [-0.15, -0.1) is 0 Å². The van der Waals surface area contributed by atoms with Crippen molar-refractivity contribution in [3.63, 3.8) is 0 Å². The second-order valence-electron chi connectivity index (χ2n) is 11.7. The molecular formula is C35H44FN5O2. The zero-order valence-corrected chi connectivity index (χ0v) is 25.4. The van der Waals surface area contributed by atoms with Crippen molar-refractivity contribution in [2.75, 3.05) is 45.2 Å². The van der Waals surface area contributed by atoms with Gasteiger partial charge < -0.3 is 25.4 Å². The quantitative estimate of drug-likeness (QED) is 0.310. The van der Waals surface area contributed by atoms with Crippen molar-refractivity contribution in [2.24, 2.45) is 5.73 Å². The van der Waals surface area contributed by atoms with E-state index in [9.17, 15) is 5.26 Å². The molecule has 7 nitrogen and oxygen atoms in total. The van der Waals surface area contributed by atoms with Gasteiger partial charge in [0.05, 0.1) is 18.2 Å². The minimum atomic E-state index is -0.257. The predicted molar refractivity (Wildman–Crippen MR) is 168 cm³/mol. The normalized spacial score (nSPS) is 19.3. The summed E-state index contributed by atoms with van der Waals surface area (Å²) in [5.41, 5.74) is 12.5. The number of halogens is 1. The molecule has 0 spiro atoms. The zero-order chi connectivity index (χ0) is 30.2. The van der Waals surface area contributed by atoms with Crippen LogP contribution in [0.15, 0.2) is 54.6 Å². The summed E-state index contributed by atoms with van der Waals surface area (Å²) in [6, 6.07) is 20.6. The van der Waals surface area contributed by atoms with Crippen LogP contribution >= 0.6 is 0 Å². The average molecular weight is 586 g/mol. The summed E-state index contributed by atoms with van der Waals surface area (Å²) in [6.45, 7) is 5.22. The lowest BCUT2D eigenvalue weighted by atomic mass is 9.80. The van der Waals surface area contributed by atoms with Crippen molar-refractivity contribution < 1.29 is 13.9 Å². The Kier molecular flexibility index (Phi) is 10.7. The molecule has 2 aliphatic rings. The van der Waals surface area contributed by atoms with Crippen LogP contribution in [-0.2, 0) is 31.0 Å². The number of benzene rings is 3. The maximum atomic E-state index is 15.1. The number of nitriles is 1. The minimum Gasteiger partial charge on any atom is -0.488 e. The number of ether oxygens (including phenoxy) is 2. The van der Waals surface area contributed by atoms with Gasteiger partial charge in [0.15, 0.2) is 0 Å². The summed E-state index contributed by atoms with van der Waals surface area (Å²) in [5, 5.41) is 13.2. The fourth-order valence-corrected chi connectivity index (χ4v) is 6.53. The maximum Gasteiger partial charge on any atom is 0.130 e. The summed E-state index contributed by atoms with van der Waals surface area (Å²) in [7, 11) is 3.68. The highest BCUT2D eigenvalue weighted by atomic mass is 19.1. The highest BCUT2D eigenvalue weighted by Crippen LogP contribution is 2.36. The lowest BCUT2D eigenvalue weighted by Crippen LogP contribution is -2.46. The van der Waals surface area contributed by atoms with E-state index in [1.54, 1.807) is 13.2 Å². The molecule has 1 saturated heterocycles. The SMILES string of the molecule is CNC1CCC(c2cc(N3CCN(Cc4ccc(COc5cccc(COC)c5CN)c(F)c4)CC3)ccc2C#N)CC1. The van der Waals surface area contributed by atoms with E-state index in [1.807, 2.05) is 43.4 Å². The predicted octanol–water partition coefficient (Wildman–Crippen LogP) is 5.45. The van der Waals surface area contributed by atoms with E-state index in [1.165, 1.54) is 11.3 Å². The van der Waals surface area contributed by atoms with Crippen LogP contribution in [0.4, 0.5) is 10.1 Å². The van der Waals surface area contributed by atoms with Crippen LogP contribution in [0.25, 0.3) is 0 Å². The van der Waals surface area contributed by atoms with E-state index in [-0.39, 0.29) is 12.4 Å². The Morgan fingerprint density at radius 3 is 2.44 bits per heavy atom. The standard InChI is InChI=1S/C35H44FN5O2/c1-39-30-11-8-26(9-12-30)32-19-31(13-10-27(32)20-37)41-16-14-40(15-17-41)22-25-6-7-29(34(36)18-25)24-43-35-5-3-4-28(23-42-2)33(35)21-38/h3-7,10,13,18-19,26,30,39H,8-9,11-12,14-17,21-24,38H2,1-2H3. The highest BCUT2D eigenvalue weighted by Gasteiger charge is 2.25. The second-order valence-corrected chi connectivity index (χ2v) is 11.7. The molecule has 3 aromatic rings. The van der Waals surface area contributed by atoms with Crippen molar-refractivity contribution in [3.8, 4) is 11.8 Å². The Labute approximate surface area is 255 Å². The van der Waals surface area contributed by atoms with E-state index in [0.29, 0.717) is 43.0 Å². The van der Waals surface area contributed by atoms with Gasteiger partial charge in [0.25, 0.3) is 0 Å². The van der Waals surface area contributed by atoms with Crippen LogP contribution in [0.1, 0.15) is 65.0 Å². The van der Waals surface area contributed by atoms with Crippen molar-refractivity contribution in [1.82, 2.24) is 10.2 Å². The average Bonchev–Trinajstić information content (AvgIpc) is 3.04. The van der Waals surface area contributed by atoms with Gasteiger partial charge in [-0.2, -0.15) is 5.26 Å². The smallest absolute Gasteiger partial charge is 0.130 e. The Balaban J connectivity index is 1.16. The molecule has 0 bridgehead atoms. The summed E-state index contributed by atoms with van der Waals surface area (Å²) in [4.78, 5) is 4.79. The molecule has 3 N–H and O–H groups in total. The molecule has 1 aliphatic heterocycles. The number of rotatable bonds is 11. The van der Waals surface area contributed by atoms with Gasteiger partial charge in [0.1, 0.15) is 18.2 Å². The minimum absolute atomic E-state index is 0.137. The molecule has 0 radical (unpaired) electrons. The number of nitrogens with zero attached hydrogens (tertiary/aromatic N) is 3. The molecule has 3 aromatic carbocycles. The molecule has 8 heteroatoms. The molecule has 0 amide bonds. The molecular weight excluding hydrogens is 541 g/mol. The number of hydrogen-bond donors (Lipinski definition) is 2. The third-order valence-electron chi connectivity index (χ3n) is 9.11. The number of piperazine rings is 1. The first-order valence-electron chi connectivity index (χ1n) is 15.4. The third-order valence-corrected chi connectivity index (χ3v) is 9.11. The first-order valence-corrected chi connectivity index (χ1v) is 15.4. The Morgan fingerprint density at radius 1 is 0.977 bits per heavy atom. The summed E-state index contributed by atoms with van der Waals surface area (Å²) < 4.78 is 26.3. The van der Waals surface area contributed by atoms with E-state index in [4.69, 9.17) is 15.2 Å². The molecule has 43 heavy (non-hydrogen) atoms. The molecule has 1 saturated carbocycles. The third kappa shape index (κ3) is 7.54. The number of nitrogens with two attached hydrogens (primary N) is 1. The molecule has 2 fully saturated rings. The molecule has 228 valence electrons. The lowest BCUT2D eigenvalue weighted by molar-refractivity contribution is 0.183. The summed E-state index contributed by atoms with van der Waals surface area (Å²) in [5.74, 6) is 0.855. The molecule has 0 atom stereocenters. The molecule has 5 rings (SSSR count). The monoisotopic (exact) mass is 585 g/mol. The number of hydrogen-bond acceptors (Lipinski definition) is 7. The first-order chi connectivity index (χ1) is 21.0. The largest absolute Gasteiger partial charge is 0.488 e. The van der Waals surface area contributed by atoms with Gasteiger partial charge in [-0.25, -0.2) is 4.39 Å². The van der Waals surface area contributed by atoms with Gasteiger partial charge in [-0.1, -0.05) is 24.3 Å². The fourth-order valence-electron chi connectivity index (χ4n) is 6.53. The van der Waals surface area contributed by atoms with Gasteiger partial charge in [0, 0.05) is 69.2 Å². The van der Waals surface area contributed by atoms with Crippen molar-refractivity contribution >= 4 is 5.69 Å². The van der Waals surface area contributed by atoms with Crippen LogP contribution in [0.3, 0.4) is 0 Å². The van der Waals surface area contributed by atoms with Gasteiger partial charge >= 0.3 is 0 Å². The Bertz CT molecular complexity index is 1410. The van der Waals surface area contributed by atoms with Gasteiger partial charge in [0.2, 0.25) is 0 Å². The lowest BCUT2D eigenvalue weighted by Gasteiger charge is -2.37. The maximum absolute atomic E-state index is 15.1. The molecule has 0 unspecified atom stereocenters. The van der Waals surface area contributed by atoms with Gasteiger partial charge in [-0.05, 0) is 85.7 Å². The molecule has 1 aliphatic carbocycles. The molecule has 1 heterocycles. The fraction of sp³-hybridized carbons (Fsp3) is 0.457. The van der Waals surface area contributed by atoms with Crippen molar-refractivity contribution in [3.05, 3.63) is 93.8 Å². The van der Waals surface area contributed by atoms with E-state index < -0.39 is 0 Å². The number of methoxy groups -OCH3 is 1. The number of nitrogens with one attached hydrogen (secondary N) is 1. The van der Waals surface area contributed by atoms with Crippen molar-refractivity contribution in [2.45, 2.75) is 63.9 Å². The van der Waals surface area contributed by atoms with Crippen molar-refractivity contribution in [1.29, 1.82) is 5.26 Å². The van der Waals surface area contributed by atoms with Gasteiger partial charge in [-0.3, -0.25) is 4.90 Å². The summed E-state index contributed by atoms with van der Waals surface area (Å²) in [6.07, 6.45) is 4.55. The van der Waals surface area contributed by atoms with Crippen LogP contribution in [0, 0.1) is 17.1 Å². The van der Waals surface area contributed by atoms with Crippen LogP contribution in [-0.4, -0.2) is 51.3 Å². The number of anilines is 1. The Hall–Kier alpha value is -3.48. The first kappa shape index (κ1) is 31.0. The van der Waals surface area contributed by atoms with Crippen LogP contribution in [0.2, 0.25) is 0 Å². The van der Waals surface area contributed by atoms with Crippen LogP contribution in [0.5, 0.6) is 5.75 Å². The van der Waals surface area contributed by atoms with E-state index in [2.05, 4.69) is 33.3 Å². The van der Waals surface area contributed by atoms with Crippen LogP contribution < -0.4 is 20.7 Å². The van der Waals surface area contributed by atoms with E-state index >= 15 is 4.39 Å². The second kappa shape index (κ2) is 14.8. The highest BCUT2D eigenvalue weighted by molar-refractivity contribution is 5.55.